The van der Waals surface area contributed by atoms with Crippen LogP contribution in [0.15, 0.2) is 18.2 Å². The van der Waals surface area contributed by atoms with Gasteiger partial charge in [-0.2, -0.15) is 0 Å². The third kappa shape index (κ3) is 5.05. The van der Waals surface area contributed by atoms with Crippen molar-refractivity contribution in [1.82, 2.24) is 0 Å². The van der Waals surface area contributed by atoms with Gasteiger partial charge in [-0.15, -0.1) is 0 Å². The highest BCUT2D eigenvalue weighted by atomic mass is 16.6. The second-order valence-electron chi connectivity index (χ2n) is 4.91. The molecule has 0 amide bonds. The number of ether oxygens (including phenoxy) is 2. The van der Waals surface area contributed by atoms with Gasteiger partial charge in [0.2, 0.25) is 0 Å². The number of hydrogen-bond donors (Lipinski definition) is 0. The van der Waals surface area contributed by atoms with Crippen molar-refractivity contribution in [3.63, 3.8) is 0 Å². The molecule has 0 aliphatic carbocycles. The number of rotatable bonds is 6. The minimum Gasteiger partial charge on any atom is -0.484 e. The highest BCUT2D eigenvalue weighted by Crippen LogP contribution is 2.27. The van der Waals surface area contributed by atoms with Crippen molar-refractivity contribution < 1.29 is 19.2 Å². The van der Waals surface area contributed by atoms with Crippen LogP contribution in [-0.4, -0.2) is 30.0 Å². The van der Waals surface area contributed by atoms with Crippen LogP contribution < -0.4 is 4.74 Å². The Kier molecular flexibility index (Phi) is 5.00. The van der Waals surface area contributed by atoms with Gasteiger partial charge in [0.05, 0.1) is 17.1 Å². The zero-order chi connectivity index (χ0) is 14.5. The van der Waals surface area contributed by atoms with Gasteiger partial charge in [-0.1, -0.05) is 0 Å². The van der Waals surface area contributed by atoms with Crippen molar-refractivity contribution in [3.8, 4) is 5.75 Å². The fraction of sp³-hybridized carbons (Fsp3) is 0.462. The highest BCUT2D eigenvalue weighted by molar-refractivity contribution is 5.76. The highest BCUT2D eigenvalue weighted by Gasteiger charge is 2.16. The lowest BCUT2D eigenvalue weighted by molar-refractivity contribution is -0.385. The summed E-state index contributed by atoms with van der Waals surface area (Å²) in [5, 5.41) is 10.8. The molecule has 6 heteroatoms. The molecule has 0 saturated heterocycles. The molecule has 0 unspecified atom stereocenters. The Labute approximate surface area is 111 Å². The Morgan fingerprint density at radius 1 is 1.32 bits per heavy atom. The number of benzene rings is 1. The summed E-state index contributed by atoms with van der Waals surface area (Å²) in [5.41, 5.74) is -0.126. The molecule has 1 aromatic carbocycles. The Bertz CT molecular complexity index is 465. The van der Waals surface area contributed by atoms with Gasteiger partial charge in [0.15, 0.2) is 5.75 Å². The van der Waals surface area contributed by atoms with Gasteiger partial charge >= 0.3 is 5.69 Å². The molecular formula is C13H17NO5. The van der Waals surface area contributed by atoms with E-state index in [1.165, 1.54) is 18.2 Å². The number of hydrogen-bond acceptors (Lipinski definition) is 5. The first kappa shape index (κ1) is 15.1. The van der Waals surface area contributed by atoms with Crippen molar-refractivity contribution >= 4 is 12.0 Å². The average Bonchev–Trinajstić information content (AvgIpc) is 2.33. The molecular weight excluding hydrogens is 250 g/mol. The molecule has 0 spiro atoms. The van der Waals surface area contributed by atoms with E-state index in [1.807, 2.05) is 20.8 Å². The summed E-state index contributed by atoms with van der Waals surface area (Å²) in [6.45, 7) is 6.21. The second-order valence-corrected chi connectivity index (χ2v) is 4.91. The minimum absolute atomic E-state index is 0.0760. The molecule has 1 aromatic rings. The van der Waals surface area contributed by atoms with Crippen LogP contribution in [0, 0.1) is 10.1 Å². The van der Waals surface area contributed by atoms with Crippen molar-refractivity contribution in [2.24, 2.45) is 0 Å². The monoisotopic (exact) mass is 267 g/mol. The molecule has 0 aromatic heterocycles. The van der Waals surface area contributed by atoms with Crippen molar-refractivity contribution in [1.29, 1.82) is 0 Å². The van der Waals surface area contributed by atoms with E-state index in [4.69, 9.17) is 9.47 Å². The lowest BCUT2D eigenvalue weighted by Crippen LogP contribution is -2.22. The zero-order valence-corrected chi connectivity index (χ0v) is 11.2. The van der Waals surface area contributed by atoms with E-state index in [1.54, 1.807) is 0 Å². The molecule has 19 heavy (non-hydrogen) atoms. The first-order chi connectivity index (χ1) is 8.83. The molecule has 0 saturated carbocycles. The van der Waals surface area contributed by atoms with E-state index < -0.39 is 4.92 Å². The zero-order valence-electron chi connectivity index (χ0n) is 11.2. The number of carbonyl (C=O) groups excluding carboxylic acids is 1. The second kappa shape index (κ2) is 6.29. The average molecular weight is 267 g/mol. The lowest BCUT2D eigenvalue weighted by Gasteiger charge is -2.19. The Morgan fingerprint density at radius 3 is 2.53 bits per heavy atom. The van der Waals surface area contributed by atoms with Crippen LogP contribution in [0.2, 0.25) is 0 Å². The molecule has 6 nitrogen and oxygen atoms in total. The van der Waals surface area contributed by atoms with Crippen LogP contribution in [0.3, 0.4) is 0 Å². The predicted octanol–water partition coefficient (Wildman–Crippen LogP) is 2.60. The molecule has 0 fully saturated rings. The summed E-state index contributed by atoms with van der Waals surface area (Å²) < 4.78 is 10.8. The van der Waals surface area contributed by atoms with Crippen molar-refractivity contribution in [2.75, 3.05) is 13.2 Å². The summed E-state index contributed by atoms with van der Waals surface area (Å²) in [4.78, 5) is 20.9. The molecule has 0 atom stereocenters. The normalized spacial score (nSPS) is 11.1. The maximum atomic E-state index is 10.8. The van der Waals surface area contributed by atoms with E-state index in [0.717, 1.165) is 0 Å². The van der Waals surface area contributed by atoms with Gasteiger partial charge in [-0.25, -0.2) is 0 Å². The summed E-state index contributed by atoms with van der Waals surface area (Å²) in [5.74, 6) is 0.0760. The molecule has 1 rings (SSSR count). The maximum absolute atomic E-state index is 10.8. The van der Waals surface area contributed by atoms with Crippen LogP contribution in [0.5, 0.6) is 5.75 Å². The van der Waals surface area contributed by atoms with Gasteiger partial charge in [0.1, 0.15) is 12.9 Å². The van der Waals surface area contributed by atoms with E-state index in [9.17, 15) is 14.9 Å². The number of nitrogens with zero attached hydrogens (tertiary/aromatic N) is 1. The third-order valence-electron chi connectivity index (χ3n) is 2.19. The van der Waals surface area contributed by atoms with E-state index >= 15 is 0 Å². The molecule has 0 N–H and O–H groups in total. The molecule has 0 bridgehead atoms. The fourth-order valence-electron chi connectivity index (χ4n) is 1.37. The van der Waals surface area contributed by atoms with Crippen molar-refractivity contribution in [2.45, 2.75) is 26.4 Å². The summed E-state index contributed by atoms with van der Waals surface area (Å²) in [6.07, 6.45) is 0.613. The first-order valence-electron chi connectivity index (χ1n) is 5.84. The molecule has 0 aliphatic heterocycles. The standard InChI is InChI=1S/C13H17NO5/c1-13(2,3)19-7-6-18-12-8-10(9-15)4-5-11(12)14(16)17/h4-5,8-9H,6-7H2,1-3H3. The number of carbonyl (C=O) groups is 1. The van der Waals surface area contributed by atoms with Crippen LogP contribution in [0.4, 0.5) is 5.69 Å². The summed E-state index contributed by atoms with van der Waals surface area (Å²) >= 11 is 0. The summed E-state index contributed by atoms with van der Waals surface area (Å²) in [6, 6.07) is 3.98. The topological polar surface area (TPSA) is 78.7 Å². The third-order valence-corrected chi connectivity index (χ3v) is 2.19. The van der Waals surface area contributed by atoms with Crippen LogP contribution in [0.1, 0.15) is 31.1 Å². The van der Waals surface area contributed by atoms with Gasteiger partial charge < -0.3 is 9.47 Å². The Balaban J connectivity index is 2.70. The van der Waals surface area contributed by atoms with Gasteiger partial charge in [0.25, 0.3) is 0 Å². The number of nitro benzene ring substituents is 1. The molecule has 0 radical (unpaired) electrons. The predicted molar refractivity (Wildman–Crippen MR) is 69.7 cm³/mol. The van der Waals surface area contributed by atoms with Crippen LogP contribution >= 0.6 is 0 Å². The SMILES string of the molecule is CC(C)(C)OCCOc1cc(C=O)ccc1[N+](=O)[O-]. The van der Waals surface area contributed by atoms with Crippen LogP contribution in [-0.2, 0) is 4.74 Å². The van der Waals surface area contributed by atoms with E-state index in [-0.39, 0.29) is 23.6 Å². The lowest BCUT2D eigenvalue weighted by atomic mass is 10.2. The number of aldehydes is 1. The smallest absolute Gasteiger partial charge is 0.310 e. The molecule has 0 heterocycles. The maximum Gasteiger partial charge on any atom is 0.310 e. The van der Waals surface area contributed by atoms with E-state index in [2.05, 4.69) is 0 Å². The van der Waals surface area contributed by atoms with Gasteiger partial charge in [0, 0.05) is 11.6 Å². The fourth-order valence-corrected chi connectivity index (χ4v) is 1.37. The molecule has 0 aliphatic rings. The van der Waals surface area contributed by atoms with E-state index in [0.29, 0.717) is 18.5 Å². The van der Waals surface area contributed by atoms with Gasteiger partial charge in [-0.05, 0) is 32.9 Å². The Morgan fingerprint density at radius 2 is 2.00 bits per heavy atom. The Hall–Kier alpha value is -1.95. The molecule has 104 valence electrons. The minimum atomic E-state index is -0.547. The van der Waals surface area contributed by atoms with Gasteiger partial charge in [-0.3, -0.25) is 14.9 Å². The number of nitro groups is 1. The first-order valence-corrected chi connectivity index (χ1v) is 5.84. The van der Waals surface area contributed by atoms with Crippen LogP contribution in [0.25, 0.3) is 0 Å². The largest absolute Gasteiger partial charge is 0.484 e. The summed E-state index contributed by atoms with van der Waals surface area (Å²) in [7, 11) is 0. The van der Waals surface area contributed by atoms with Crippen molar-refractivity contribution in [3.05, 3.63) is 33.9 Å². The quantitative estimate of drug-likeness (QED) is 0.342.